The second-order valence-corrected chi connectivity index (χ2v) is 0. The zero-order chi connectivity index (χ0) is 0. The van der Waals surface area contributed by atoms with Crippen LogP contribution >= 0.6 is 0 Å². The van der Waals surface area contributed by atoms with Crippen LogP contribution < -0.4 is 6.15 Å². The summed E-state index contributed by atoms with van der Waals surface area (Å²) in [6.07, 6.45) is 0. The normalized spacial score (nSPS) is 0. The molecule has 0 aliphatic rings. The van der Waals surface area contributed by atoms with Crippen LogP contribution in [0.3, 0.4) is 0 Å². The quantitative estimate of drug-likeness (QED) is 0.446. The van der Waals surface area contributed by atoms with Crippen molar-refractivity contribution >= 4 is 8.41 Å². The molecule has 0 heterocycles. The van der Waals surface area contributed by atoms with Crippen molar-refractivity contribution in [2.45, 2.75) is 0 Å². The van der Waals surface area contributed by atoms with Crippen LogP contribution in [-0.2, 0) is 36.3 Å². The van der Waals surface area contributed by atoms with Gasteiger partial charge in [0.1, 0.15) is 0 Å². The molecule has 0 unspecified atom stereocenters. The van der Waals surface area contributed by atoms with Gasteiger partial charge in [-0.1, -0.05) is 0 Å². The maximum absolute atomic E-state index is 0. The zero-order valence-electron chi connectivity index (χ0n) is 1.75. The molecular weight excluding hydrogens is 149 g/mol. The maximum atomic E-state index is 0. The fraction of sp³-hybridized carbons (Fsp3) is 0. The minimum atomic E-state index is 0. The second kappa shape index (κ2) is 31.0. The van der Waals surface area contributed by atoms with Gasteiger partial charge >= 0.3 is 0 Å². The Morgan fingerprint density at radius 2 is 1.00 bits per heavy atom. The van der Waals surface area contributed by atoms with E-state index in [2.05, 4.69) is 0 Å². The molecule has 1 radical (unpaired) electrons. The zero-order valence-corrected chi connectivity index (χ0v) is 5.76. The van der Waals surface area contributed by atoms with Gasteiger partial charge < -0.3 is 6.15 Å². The van der Waals surface area contributed by atoms with E-state index in [1.54, 1.807) is 0 Å². The van der Waals surface area contributed by atoms with Gasteiger partial charge in [0.05, 0.1) is 8.41 Å². The van der Waals surface area contributed by atoms with Crippen molar-refractivity contribution in [2.75, 3.05) is 0 Å². The molecule has 4 heavy (non-hydrogen) atoms. The summed E-state index contributed by atoms with van der Waals surface area (Å²) in [5, 5.41) is 0. The van der Waals surface area contributed by atoms with E-state index in [4.69, 9.17) is 0 Å². The van der Waals surface area contributed by atoms with Crippen molar-refractivity contribution in [3.63, 3.8) is 0 Å². The summed E-state index contributed by atoms with van der Waals surface area (Å²) in [5.41, 5.74) is 0. The monoisotopic (exact) mass is 154 g/mol. The second-order valence-electron chi connectivity index (χ2n) is 0. The van der Waals surface area contributed by atoms with Gasteiger partial charge in [0.15, 0.2) is 0 Å². The molecule has 0 saturated carbocycles. The van der Waals surface area contributed by atoms with Crippen molar-refractivity contribution in [3.8, 4) is 0 Å². The van der Waals surface area contributed by atoms with Crippen molar-refractivity contribution in [1.29, 1.82) is 0 Å². The molecule has 1 nitrogen and oxygen atoms in total. The Morgan fingerprint density at radius 1 is 1.00 bits per heavy atom. The molecule has 0 fully saturated rings. The first-order valence-corrected chi connectivity index (χ1v) is 0. The summed E-state index contributed by atoms with van der Waals surface area (Å²) in [4.78, 5) is 0. The summed E-state index contributed by atoms with van der Waals surface area (Å²) in [5.74, 6) is 0. The predicted octanol–water partition coefficient (Wildman–Crippen LogP) is -1.03. The van der Waals surface area contributed by atoms with Crippen LogP contribution in [-0.4, -0.2) is 8.41 Å². The Morgan fingerprint density at radius 3 is 1.00 bits per heavy atom. The van der Waals surface area contributed by atoms with Gasteiger partial charge in [-0.15, -0.1) is 0 Å². The third kappa shape index (κ3) is 11.0. The summed E-state index contributed by atoms with van der Waals surface area (Å²) >= 11 is 0. The van der Waals surface area contributed by atoms with E-state index in [1.807, 2.05) is 0 Å². The molecule has 0 aliphatic carbocycles. The van der Waals surface area contributed by atoms with Crippen LogP contribution in [0.5, 0.6) is 0 Å². The van der Waals surface area contributed by atoms with Crippen LogP contribution in [0, 0.1) is 0 Å². The Hall–Kier alpha value is 1.15. The molecule has 3 N–H and O–H groups in total. The molecule has 0 atom stereocenters. The fourth-order valence-corrected chi connectivity index (χ4v) is 0. The summed E-state index contributed by atoms with van der Waals surface area (Å²) in [7, 11) is 0. The molecule has 0 aromatic heterocycles. The van der Waals surface area contributed by atoms with Crippen molar-refractivity contribution in [3.05, 3.63) is 0 Å². The fourth-order valence-electron chi connectivity index (χ4n) is 0. The van der Waals surface area contributed by atoms with Gasteiger partial charge in [-0.3, -0.25) is 0 Å². The Labute approximate surface area is 51.0 Å². The van der Waals surface area contributed by atoms with Crippen molar-refractivity contribution in [1.82, 2.24) is 6.15 Å². The van der Waals surface area contributed by atoms with Crippen LogP contribution in [0.2, 0.25) is 0 Å². The largest absolute Gasteiger partial charge is 0.344 e. The molecule has 0 bridgehead atoms. The predicted molar refractivity (Wildman–Crippen MR) is 15.0 cm³/mol. The molecule has 0 rings (SSSR count). The molecule has 0 saturated heterocycles. The van der Waals surface area contributed by atoms with E-state index < -0.39 is 0 Å². The maximum Gasteiger partial charge on any atom is 0.0814 e. The van der Waals surface area contributed by atoms with E-state index in [-0.39, 0.29) is 50.8 Å². The van der Waals surface area contributed by atoms with Crippen LogP contribution in [0.15, 0.2) is 0 Å². The summed E-state index contributed by atoms with van der Waals surface area (Å²) in [6, 6.07) is 0. The van der Waals surface area contributed by atoms with E-state index >= 15 is 0 Å². The molecule has 0 aliphatic heterocycles. The van der Waals surface area contributed by atoms with Gasteiger partial charge in [-0.25, -0.2) is 0 Å². The molecule has 0 aromatic carbocycles. The van der Waals surface area contributed by atoms with Crippen molar-refractivity contribution in [2.24, 2.45) is 0 Å². The summed E-state index contributed by atoms with van der Waals surface area (Å²) < 4.78 is 0. The van der Waals surface area contributed by atoms with Crippen LogP contribution in [0.1, 0.15) is 0 Å². The van der Waals surface area contributed by atoms with Crippen molar-refractivity contribution < 1.29 is 36.3 Å². The smallest absolute Gasteiger partial charge is 0.0814 e. The minimum Gasteiger partial charge on any atom is -0.344 e. The third-order valence-corrected chi connectivity index (χ3v) is 0. The standard InChI is InChI=1S/BH3.Co.H3N.Zn/h1H3;;1H3;. The Bertz CT molecular complexity index is 8.00. The van der Waals surface area contributed by atoms with E-state index in [1.165, 1.54) is 0 Å². The topological polar surface area (TPSA) is 35.0 Å². The SMILES string of the molecule is B.N.[Co].[Zn]. The molecule has 4 heteroatoms. The first-order valence-electron chi connectivity index (χ1n) is 0. The number of hydrogen-bond acceptors (Lipinski definition) is 1. The van der Waals surface area contributed by atoms with Gasteiger partial charge in [-0.2, -0.15) is 0 Å². The summed E-state index contributed by atoms with van der Waals surface area (Å²) in [6.45, 7) is 0. The van der Waals surface area contributed by atoms with Crippen LogP contribution in [0.4, 0.5) is 0 Å². The first kappa shape index (κ1) is 66.7. The number of rotatable bonds is 0. The molecule has 0 spiro atoms. The first-order chi connectivity index (χ1) is 0. The molecule has 0 aromatic rings. The van der Waals surface area contributed by atoms with E-state index in [0.29, 0.717) is 0 Å². The van der Waals surface area contributed by atoms with Gasteiger partial charge in [0.2, 0.25) is 0 Å². The Kier molecular flexibility index (Phi) is 517. The molecule has 25 valence electrons. The molecule has 0 amide bonds. The Balaban J connectivity index is 0. The van der Waals surface area contributed by atoms with Gasteiger partial charge in [0.25, 0.3) is 0 Å². The molecular formula is H6BCoNZn. The number of hydrogen-bond donors (Lipinski definition) is 1. The van der Waals surface area contributed by atoms with Gasteiger partial charge in [0, 0.05) is 36.3 Å². The van der Waals surface area contributed by atoms with Crippen LogP contribution in [0.25, 0.3) is 0 Å². The minimum absolute atomic E-state index is 0. The van der Waals surface area contributed by atoms with E-state index in [0.717, 1.165) is 0 Å². The average Bonchev–Trinajstić information content (AvgIpc) is 0. The van der Waals surface area contributed by atoms with Gasteiger partial charge in [-0.05, 0) is 0 Å². The van der Waals surface area contributed by atoms with E-state index in [9.17, 15) is 0 Å². The third-order valence-electron chi connectivity index (χ3n) is 0. The average molecular weight is 155 g/mol.